The zero-order valence-corrected chi connectivity index (χ0v) is 12.8. The van der Waals surface area contributed by atoms with Gasteiger partial charge in [-0.15, -0.1) is 0 Å². The van der Waals surface area contributed by atoms with Gasteiger partial charge in [0.25, 0.3) is 5.56 Å². The van der Waals surface area contributed by atoms with E-state index in [1.165, 1.54) is 5.56 Å². The fraction of sp³-hybridized carbons (Fsp3) is 0.158. The van der Waals surface area contributed by atoms with Crippen molar-refractivity contribution in [1.29, 1.82) is 0 Å². The third kappa shape index (κ3) is 2.35. The van der Waals surface area contributed by atoms with E-state index < -0.39 is 0 Å². The van der Waals surface area contributed by atoms with E-state index in [2.05, 4.69) is 24.6 Å². The van der Waals surface area contributed by atoms with Crippen molar-refractivity contribution in [3.8, 4) is 0 Å². The second kappa shape index (κ2) is 5.60. The summed E-state index contributed by atoms with van der Waals surface area (Å²) in [5.74, 6) is 0. The van der Waals surface area contributed by atoms with E-state index in [0.717, 1.165) is 23.1 Å². The first-order chi connectivity index (χ1) is 10.6. The highest BCUT2D eigenvalue weighted by Gasteiger charge is 2.11. The average molecular weight is 290 g/mol. The summed E-state index contributed by atoms with van der Waals surface area (Å²) in [7, 11) is 0. The second-order valence-corrected chi connectivity index (χ2v) is 5.35. The van der Waals surface area contributed by atoms with Crippen LogP contribution in [0.5, 0.6) is 0 Å². The number of benzene rings is 1. The average Bonchev–Trinajstić information content (AvgIpc) is 2.55. The molecule has 1 aromatic carbocycles. The summed E-state index contributed by atoms with van der Waals surface area (Å²) in [6.07, 6.45) is 2.66. The van der Waals surface area contributed by atoms with E-state index >= 15 is 0 Å². The van der Waals surface area contributed by atoms with Crippen molar-refractivity contribution >= 4 is 11.2 Å². The molecule has 0 aliphatic carbocycles. The monoisotopic (exact) mass is 290 g/mol. The number of hydrogen-bond donors (Lipinski definition) is 0. The van der Waals surface area contributed by atoms with Gasteiger partial charge in [0.1, 0.15) is 5.65 Å². The van der Waals surface area contributed by atoms with E-state index in [1.54, 1.807) is 16.7 Å². The maximum atomic E-state index is 12.3. The summed E-state index contributed by atoms with van der Waals surface area (Å²) in [5.41, 5.74) is 5.26. The van der Waals surface area contributed by atoms with Gasteiger partial charge in [0, 0.05) is 17.8 Å². The fourth-order valence-electron chi connectivity index (χ4n) is 2.68. The molecule has 3 rings (SSSR count). The fourth-order valence-corrected chi connectivity index (χ4v) is 2.68. The first kappa shape index (κ1) is 14.3. The van der Waals surface area contributed by atoms with Crippen LogP contribution in [0.4, 0.5) is 0 Å². The van der Waals surface area contributed by atoms with Gasteiger partial charge in [-0.25, -0.2) is 4.98 Å². The Morgan fingerprint density at radius 2 is 2.00 bits per heavy atom. The van der Waals surface area contributed by atoms with Gasteiger partial charge in [-0.1, -0.05) is 43.8 Å². The Kier molecular flexibility index (Phi) is 3.63. The van der Waals surface area contributed by atoms with Gasteiger partial charge in [-0.2, -0.15) is 0 Å². The molecule has 0 radical (unpaired) electrons. The number of pyridine rings is 1. The van der Waals surface area contributed by atoms with Gasteiger partial charge in [0.2, 0.25) is 0 Å². The molecule has 3 heteroatoms. The van der Waals surface area contributed by atoms with Gasteiger partial charge >= 0.3 is 0 Å². The first-order valence-electron chi connectivity index (χ1n) is 7.38. The first-order valence-corrected chi connectivity index (χ1v) is 7.38. The number of hydrogen-bond acceptors (Lipinski definition) is 2. The Balaban J connectivity index is 2.20. The summed E-state index contributed by atoms with van der Waals surface area (Å²) in [4.78, 5) is 17.0. The number of nitrogens with zero attached hydrogens (tertiary/aromatic N) is 2. The number of aryl methyl sites for hydroxylation is 2. The molecule has 0 bridgehead atoms. The molecule has 3 aromatic rings. The lowest BCUT2D eigenvalue weighted by Gasteiger charge is -2.11. The van der Waals surface area contributed by atoms with Gasteiger partial charge in [0.15, 0.2) is 0 Å². The maximum absolute atomic E-state index is 12.3. The van der Waals surface area contributed by atoms with Crippen LogP contribution in [-0.2, 0) is 6.42 Å². The van der Waals surface area contributed by atoms with E-state index in [9.17, 15) is 4.79 Å². The summed E-state index contributed by atoms with van der Waals surface area (Å²) in [6, 6.07) is 13.5. The highest BCUT2D eigenvalue weighted by atomic mass is 16.1. The van der Waals surface area contributed by atoms with Crippen LogP contribution in [0, 0.1) is 6.92 Å². The second-order valence-electron chi connectivity index (χ2n) is 5.35. The molecule has 2 aromatic heterocycles. The molecule has 0 atom stereocenters. The van der Waals surface area contributed by atoms with Crippen LogP contribution in [0.15, 0.2) is 60.0 Å². The zero-order valence-electron chi connectivity index (χ0n) is 12.8. The Labute approximate surface area is 129 Å². The third-order valence-electron chi connectivity index (χ3n) is 3.92. The van der Waals surface area contributed by atoms with Crippen molar-refractivity contribution in [2.45, 2.75) is 20.3 Å². The van der Waals surface area contributed by atoms with E-state index in [-0.39, 0.29) is 5.56 Å². The molecule has 22 heavy (non-hydrogen) atoms. The summed E-state index contributed by atoms with van der Waals surface area (Å²) in [5, 5.41) is 0. The molecular formula is C19H18N2O. The van der Waals surface area contributed by atoms with E-state index in [4.69, 9.17) is 0 Å². The van der Waals surface area contributed by atoms with Gasteiger partial charge in [-0.3, -0.25) is 9.20 Å². The molecule has 2 heterocycles. The third-order valence-corrected chi connectivity index (χ3v) is 3.92. The van der Waals surface area contributed by atoms with Crippen molar-refractivity contribution in [2.75, 3.05) is 0 Å². The molecule has 0 N–H and O–H groups in total. The van der Waals surface area contributed by atoms with Crippen LogP contribution in [-0.4, -0.2) is 9.38 Å². The summed E-state index contributed by atoms with van der Waals surface area (Å²) in [6.45, 7) is 8.23. The number of fused-ring (bicyclic) bond motifs is 1. The largest absolute Gasteiger partial charge is 0.269 e. The number of aromatic nitrogens is 2. The van der Waals surface area contributed by atoms with Crippen molar-refractivity contribution in [1.82, 2.24) is 9.38 Å². The molecule has 110 valence electrons. The minimum absolute atomic E-state index is 0.0844. The van der Waals surface area contributed by atoms with E-state index in [0.29, 0.717) is 11.3 Å². The summed E-state index contributed by atoms with van der Waals surface area (Å²) < 4.78 is 1.57. The lowest BCUT2D eigenvalue weighted by atomic mass is 9.97. The molecule has 0 fully saturated rings. The molecule has 0 saturated heterocycles. The highest BCUT2D eigenvalue weighted by molar-refractivity contribution is 5.78. The van der Waals surface area contributed by atoms with Crippen LogP contribution >= 0.6 is 0 Å². The lowest BCUT2D eigenvalue weighted by molar-refractivity contribution is 1.02. The van der Waals surface area contributed by atoms with Crippen LogP contribution in [0.25, 0.3) is 11.2 Å². The normalized spacial score (nSPS) is 10.8. The highest BCUT2D eigenvalue weighted by Crippen LogP contribution is 2.23. The zero-order chi connectivity index (χ0) is 15.7. The van der Waals surface area contributed by atoms with Crippen LogP contribution in [0.1, 0.15) is 29.3 Å². The molecule has 0 spiro atoms. The summed E-state index contributed by atoms with van der Waals surface area (Å²) >= 11 is 0. The standard InChI is InChI=1S/C19H18N2O/c1-4-15-9-5-6-10-16(15)14(3)17-12-18(22)21-11-7-8-13(2)19(21)20-17/h5-12H,3-4H2,1-2H3. The molecule has 0 amide bonds. The van der Waals surface area contributed by atoms with Gasteiger partial charge in [-0.05, 0) is 36.1 Å². The number of rotatable bonds is 3. The maximum Gasteiger partial charge on any atom is 0.258 e. The topological polar surface area (TPSA) is 34.4 Å². The Morgan fingerprint density at radius 1 is 1.23 bits per heavy atom. The molecule has 0 aliphatic heterocycles. The molecule has 0 unspecified atom stereocenters. The van der Waals surface area contributed by atoms with Crippen molar-refractivity contribution in [3.05, 3.63) is 88.0 Å². The minimum atomic E-state index is -0.0844. The van der Waals surface area contributed by atoms with Crippen molar-refractivity contribution < 1.29 is 0 Å². The Morgan fingerprint density at radius 3 is 2.77 bits per heavy atom. The van der Waals surface area contributed by atoms with Crippen LogP contribution in [0.2, 0.25) is 0 Å². The molecule has 0 aliphatic rings. The van der Waals surface area contributed by atoms with Gasteiger partial charge in [0.05, 0.1) is 5.69 Å². The minimum Gasteiger partial charge on any atom is -0.269 e. The predicted molar refractivity (Wildman–Crippen MR) is 90.2 cm³/mol. The molecule has 3 nitrogen and oxygen atoms in total. The van der Waals surface area contributed by atoms with Crippen molar-refractivity contribution in [3.63, 3.8) is 0 Å². The quantitative estimate of drug-likeness (QED) is 0.738. The molecule has 0 saturated carbocycles. The van der Waals surface area contributed by atoms with E-state index in [1.807, 2.05) is 37.3 Å². The smallest absolute Gasteiger partial charge is 0.258 e. The van der Waals surface area contributed by atoms with Crippen LogP contribution < -0.4 is 5.56 Å². The van der Waals surface area contributed by atoms with Gasteiger partial charge < -0.3 is 0 Å². The SMILES string of the molecule is C=C(c1cc(=O)n2cccc(C)c2n1)c1ccccc1CC. The molecular weight excluding hydrogens is 272 g/mol. The Bertz CT molecular complexity index is 922. The van der Waals surface area contributed by atoms with Crippen LogP contribution in [0.3, 0.4) is 0 Å². The Hall–Kier alpha value is -2.68. The lowest BCUT2D eigenvalue weighted by Crippen LogP contribution is -2.16. The van der Waals surface area contributed by atoms with Crippen molar-refractivity contribution in [2.24, 2.45) is 0 Å². The predicted octanol–water partition coefficient (Wildman–Crippen LogP) is 3.63.